The normalized spacial score (nSPS) is 10.0. The third-order valence-corrected chi connectivity index (χ3v) is 3.00. The second kappa shape index (κ2) is 18.8. The number of carbonyl (C=O) groups is 4. The number of hydrogen-bond acceptors (Lipinski definition) is 6. The molecule has 0 radical (unpaired) electrons. The number of ether oxygens (including phenoxy) is 2. The van der Waals surface area contributed by atoms with Gasteiger partial charge in [0.1, 0.15) is 23.9 Å². The molecule has 0 heterocycles. The van der Waals surface area contributed by atoms with Crippen LogP contribution in [0.3, 0.4) is 0 Å². The zero-order valence-corrected chi connectivity index (χ0v) is 18.1. The number of alkyl halides is 1. The predicted octanol–water partition coefficient (Wildman–Crippen LogP) is 4.05. The summed E-state index contributed by atoms with van der Waals surface area (Å²) in [4.78, 5) is 42.9. The molecule has 0 N–H and O–H groups in total. The van der Waals surface area contributed by atoms with Crippen molar-refractivity contribution in [2.24, 2.45) is 5.92 Å². The number of esters is 2. The monoisotopic (exact) mass is 404 g/mol. The van der Waals surface area contributed by atoms with E-state index in [1.165, 1.54) is 13.8 Å². The summed E-state index contributed by atoms with van der Waals surface area (Å²) >= 11 is 5.24. The second-order valence-electron chi connectivity index (χ2n) is 5.85. The van der Waals surface area contributed by atoms with Crippen molar-refractivity contribution < 1.29 is 28.7 Å². The predicted molar refractivity (Wildman–Crippen MR) is 108 cm³/mol. The van der Waals surface area contributed by atoms with E-state index in [9.17, 15) is 19.2 Å². The maximum Gasteiger partial charge on any atom is 0.316 e. The minimum atomic E-state index is -0.669. The van der Waals surface area contributed by atoms with Crippen LogP contribution in [0.4, 0.5) is 0 Å². The average molecular weight is 405 g/mol. The van der Waals surface area contributed by atoms with Crippen LogP contribution in [0.25, 0.3) is 0 Å². The first-order valence-electron chi connectivity index (χ1n) is 8.59. The fraction of sp³-hybridized carbons (Fsp3) is 0.600. The highest BCUT2D eigenvalue weighted by atomic mass is 35.5. The molecule has 0 spiro atoms. The second-order valence-corrected chi connectivity index (χ2v) is 6.12. The Labute approximate surface area is 167 Å². The summed E-state index contributed by atoms with van der Waals surface area (Å²) in [5.74, 6) is -1.30. The SMILES string of the molecule is C=C(C)CC(C(C)=O)C(=O)OCC.C=C(C)CCl.CCOC(=O)CC(C)=O. The van der Waals surface area contributed by atoms with E-state index in [1.807, 2.05) is 6.92 Å². The van der Waals surface area contributed by atoms with E-state index in [1.54, 1.807) is 20.8 Å². The van der Waals surface area contributed by atoms with Crippen LogP contribution < -0.4 is 0 Å². The van der Waals surface area contributed by atoms with Gasteiger partial charge in [0.15, 0.2) is 0 Å². The first kappa shape index (κ1) is 29.8. The number of Topliss-reactive ketones (excluding diaryl/α,β-unsaturated/α-hetero) is 2. The summed E-state index contributed by atoms with van der Waals surface area (Å²) in [6, 6.07) is 0. The van der Waals surface area contributed by atoms with E-state index in [2.05, 4.69) is 17.9 Å². The lowest BCUT2D eigenvalue weighted by molar-refractivity contribution is -0.151. The molecule has 1 atom stereocenters. The number of halogens is 1. The van der Waals surface area contributed by atoms with Gasteiger partial charge in [-0.3, -0.25) is 19.2 Å². The largest absolute Gasteiger partial charge is 0.466 e. The summed E-state index contributed by atoms with van der Waals surface area (Å²) in [6.07, 6.45) is 0.280. The van der Waals surface area contributed by atoms with E-state index in [4.69, 9.17) is 16.3 Å². The van der Waals surface area contributed by atoms with Gasteiger partial charge >= 0.3 is 11.9 Å². The zero-order chi connectivity index (χ0) is 22.0. The van der Waals surface area contributed by atoms with Crippen LogP contribution in [-0.4, -0.2) is 42.6 Å². The van der Waals surface area contributed by atoms with Gasteiger partial charge in [0.25, 0.3) is 0 Å². The maximum atomic E-state index is 11.2. The quantitative estimate of drug-likeness (QED) is 0.249. The minimum Gasteiger partial charge on any atom is -0.466 e. The number of carbonyl (C=O) groups excluding carboxylic acids is 4. The summed E-state index contributed by atoms with van der Waals surface area (Å²) in [5, 5.41) is 0. The Morgan fingerprint density at radius 1 is 0.889 bits per heavy atom. The molecular formula is C20H33ClO6. The van der Waals surface area contributed by atoms with Crippen LogP contribution >= 0.6 is 11.6 Å². The highest BCUT2D eigenvalue weighted by Crippen LogP contribution is 2.12. The van der Waals surface area contributed by atoms with Crippen LogP contribution in [0.1, 0.15) is 54.4 Å². The zero-order valence-electron chi connectivity index (χ0n) is 17.4. The highest BCUT2D eigenvalue weighted by molar-refractivity contribution is 6.19. The summed E-state index contributed by atoms with van der Waals surface area (Å²) in [5.41, 5.74) is 1.83. The van der Waals surface area contributed by atoms with E-state index in [0.29, 0.717) is 25.5 Å². The molecule has 0 aliphatic rings. The van der Waals surface area contributed by atoms with Crippen molar-refractivity contribution in [3.63, 3.8) is 0 Å². The molecule has 1 unspecified atom stereocenters. The van der Waals surface area contributed by atoms with Crippen LogP contribution in [0.15, 0.2) is 24.3 Å². The topological polar surface area (TPSA) is 86.7 Å². The van der Waals surface area contributed by atoms with Crippen molar-refractivity contribution in [2.75, 3.05) is 19.1 Å². The van der Waals surface area contributed by atoms with Crippen molar-refractivity contribution in [3.05, 3.63) is 24.3 Å². The number of allylic oxidation sites excluding steroid dienone is 2. The Balaban J connectivity index is -0.000000356. The molecule has 0 saturated heterocycles. The smallest absolute Gasteiger partial charge is 0.316 e. The van der Waals surface area contributed by atoms with E-state index in [-0.39, 0.29) is 18.0 Å². The van der Waals surface area contributed by atoms with Crippen LogP contribution in [0.2, 0.25) is 0 Å². The molecule has 0 rings (SSSR count). The summed E-state index contributed by atoms with van der Waals surface area (Å²) < 4.78 is 9.26. The fourth-order valence-electron chi connectivity index (χ4n) is 1.40. The molecule has 6 nitrogen and oxygen atoms in total. The van der Waals surface area contributed by atoms with Crippen LogP contribution in [0.5, 0.6) is 0 Å². The molecule has 156 valence electrons. The lowest BCUT2D eigenvalue weighted by Gasteiger charge is -2.11. The molecule has 0 bridgehead atoms. The van der Waals surface area contributed by atoms with E-state index < -0.39 is 17.9 Å². The highest BCUT2D eigenvalue weighted by Gasteiger charge is 2.24. The number of hydrogen-bond donors (Lipinski definition) is 0. The van der Waals surface area contributed by atoms with Gasteiger partial charge in [0.05, 0.1) is 13.2 Å². The van der Waals surface area contributed by atoms with Crippen molar-refractivity contribution in [1.29, 1.82) is 0 Å². The van der Waals surface area contributed by atoms with Gasteiger partial charge in [0, 0.05) is 5.88 Å². The Bertz CT molecular complexity index is 511. The Kier molecular flexibility index (Phi) is 20.8. The van der Waals surface area contributed by atoms with Gasteiger partial charge in [-0.05, 0) is 48.0 Å². The minimum absolute atomic E-state index is 0.103. The molecule has 0 aliphatic heterocycles. The molecule has 7 heteroatoms. The molecule has 0 aliphatic carbocycles. The van der Waals surface area contributed by atoms with Crippen LogP contribution in [-0.2, 0) is 28.7 Å². The third kappa shape index (κ3) is 24.1. The first-order valence-corrected chi connectivity index (χ1v) is 9.13. The number of ketones is 2. The molecule has 0 fully saturated rings. The molecule has 0 aromatic carbocycles. The molecule has 0 amide bonds. The lowest BCUT2D eigenvalue weighted by Crippen LogP contribution is -2.24. The lowest BCUT2D eigenvalue weighted by atomic mass is 9.97. The number of rotatable bonds is 9. The van der Waals surface area contributed by atoms with Gasteiger partial charge in [-0.1, -0.05) is 17.7 Å². The van der Waals surface area contributed by atoms with Crippen molar-refractivity contribution >= 4 is 35.1 Å². The summed E-state index contributed by atoms with van der Waals surface area (Å²) in [6.45, 7) is 17.7. The molecular weight excluding hydrogens is 372 g/mol. The van der Waals surface area contributed by atoms with E-state index in [0.717, 1.165) is 11.1 Å². The Morgan fingerprint density at radius 2 is 1.33 bits per heavy atom. The van der Waals surface area contributed by atoms with Gasteiger partial charge in [-0.25, -0.2) is 0 Å². The fourth-order valence-corrected chi connectivity index (χ4v) is 1.40. The summed E-state index contributed by atoms with van der Waals surface area (Å²) in [7, 11) is 0. The van der Waals surface area contributed by atoms with Gasteiger partial charge in [0.2, 0.25) is 0 Å². The molecule has 0 aromatic heterocycles. The van der Waals surface area contributed by atoms with E-state index >= 15 is 0 Å². The molecule has 0 saturated carbocycles. The first-order chi connectivity index (χ1) is 12.4. The molecule has 0 aromatic rings. The van der Waals surface area contributed by atoms with Gasteiger partial charge < -0.3 is 9.47 Å². The van der Waals surface area contributed by atoms with Gasteiger partial charge in [-0.15, -0.1) is 18.2 Å². The standard InChI is InChI=1S/C10H16O3.C6H10O3.C4H7Cl/c1-5-13-10(12)9(8(4)11)6-7(2)3;1-3-9-6(8)4-5(2)7;1-4(2)3-5/h9H,2,5-6H2,1,3-4H3;3-4H2,1-2H3;1,3H2,2H3. The van der Waals surface area contributed by atoms with Crippen molar-refractivity contribution in [1.82, 2.24) is 0 Å². The maximum absolute atomic E-state index is 11.2. The van der Waals surface area contributed by atoms with Crippen molar-refractivity contribution in [2.45, 2.75) is 54.4 Å². The average Bonchev–Trinajstić information content (AvgIpc) is 2.53. The third-order valence-electron chi connectivity index (χ3n) is 2.54. The molecule has 27 heavy (non-hydrogen) atoms. The van der Waals surface area contributed by atoms with Crippen molar-refractivity contribution in [3.8, 4) is 0 Å². The Hall–Kier alpha value is -1.95. The van der Waals surface area contributed by atoms with Crippen LogP contribution in [0, 0.1) is 5.92 Å². The Morgan fingerprint density at radius 3 is 1.59 bits per heavy atom. The van der Waals surface area contributed by atoms with Gasteiger partial charge in [-0.2, -0.15) is 0 Å².